The quantitative estimate of drug-likeness (QED) is 0.157. The number of hydrogen-bond donors (Lipinski definition) is 3. The summed E-state index contributed by atoms with van der Waals surface area (Å²) in [6, 6.07) is 22.1. The molecule has 0 radical (unpaired) electrons. The number of amides is 2. The summed E-state index contributed by atoms with van der Waals surface area (Å²) in [5, 5.41) is 6.08. The second-order valence-electron chi connectivity index (χ2n) is 10.4. The van der Waals surface area contributed by atoms with Gasteiger partial charge in [-0.3, -0.25) is 14.3 Å². The van der Waals surface area contributed by atoms with Crippen molar-refractivity contribution >= 4 is 50.5 Å². The van der Waals surface area contributed by atoms with Crippen molar-refractivity contribution in [3.8, 4) is 17.2 Å². The predicted octanol–water partition coefficient (Wildman–Crippen LogP) is 7.48. The maximum atomic E-state index is 13.1. The number of carbonyl (C=O) groups is 2. The fraction of sp³-hybridized carbons (Fsp3) is 0.212. The van der Waals surface area contributed by atoms with Crippen molar-refractivity contribution in [3.05, 3.63) is 106 Å². The van der Waals surface area contributed by atoms with Crippen LogP contribution in [0.25, 0.3) is 0 Å². The molecule has 0 fully saturated rings. The van der Waals surface area contributed by atoms with Gasteiger partial charge in [-0.1, -0.05) is 48.4 Å². The summed E-state index contributed by atoms with van der Waals surface area (Å²) in [5.74, 6) is 0.701. The highest BCUT2D eigenvalue weighted by Gasteiger charge is 2.20. The fourth-order valence-electron chi connectivity index (χ4n) is 4.38. The lowest BCUT2D eigenvalue weighted by Crippen LogP contribution is -2.32. The molecule has 230 valence electrons. The van der Waals surface area contributed by atoms with Crippen molar-refractivity contribution in [2.75, 3.05) is 21.6 Å². The zero-order valence-electron chi connectivity index (χ0n) is 25.0. The Morgan fingerprint density at radius 1 is 0.864 bits per heavy atom. The molecule has 4 rings (SSSR count). The summed E-state index contributed by atoms with van der Waals surface area (Å²) < 4.78 is 37.6. The molecule has 0 saturated carbocycles. The molecule has 9 nitrogen and oxygen atoms in total. The molecule has 4 aromatic rings. The number of ether oxygens (including phenoxy) is 2. The monoisotopic (exact) mass is 635 g/mol. The van der Waals surface area contributed by atoms with Crippen LogP contribution in [0.4, 0.5) is 17.1 Å². The summed E-state index contributed by atoms with van der Waals surface area (Å²) in [4.78, 5) is 26.1. The number of rotatable bonds is 11. The van der Waals surface area contributed by atoms with Crippen LogP contribution in [0.3, 0.4) is 0 Å². The molecule has 1 atom stereocenters. The van der Waals surface area contributed by atoms with E-state index < -0.39 is 22.0 Å². The van der Waals surface area contributed by atoms with Gasteiger partial charge in [0.1, 0.15) is 17.2 Å². The lowest BCUT2D eigenvalue weighted by molar-refractivity contribution is -0.122. The van der Waals surface area contributed by atoms with Crippen LogP contribution in [-0.4, -0.2) is 32.6 Å². The number of sulfonamides is 1. The second kappa shape index (κ2) is 13.8. The van der Waals surface area contributed by atoms with Gasteiger partial charge in [-0.2, -0.15) is 0 Å². The zero-order chi connectivity index (χ0) is 32.0. The van der Waals surface area contributed by atoms with Gasteiger partial charge in [-0.25, -0.2) is 8.42 Å². The molecule has 0 heterocycles. The van der Waals surface area contributed by atoms with Gasteiger partial charge in [-0.15, -0.1) is 0 Å². The molecule has 0 bridgehead atoms. The lowest BCUT2D eigenvalue weighted by Gasteiger charge is -2.19. The largest absolute Gasteiger partial charge is 0.480 e. The molecule has 1 unspecified atom stereocenters. The van der Waals surface area contributed by atoms with E-state index in [1.807, 2.05) is 39.0 Å². The van der Waals surface area contributed by atoms with E-state index in [2.05, 4.69) is 15.4 Å². The van der Waals surface area contributed by atoms with Gasteiger partial charge in [0.2, 0.25) is 10.0 Å². The van der Waals surface area contributed by atoms with E-state index in [-0.39, 0.29) is 17.2 Å². The minimum Gasteiger partial charge on any atom is -0.480 e. The molecule has 2 amide bonds. The first kappa shape index (κ1) is 32.4. The second-order valence-corrected chi connectivity index (χ2v) is 12.5. The van der Waals surface area contributed by atoms with Gasteiger partial charge in [0, 0.05) is 39.8 Å². The van der Waals surface area contributed by atoms with E-state index in [0.717, 1.165) is 17.4 Å². The molecule has 3 N–H and O–H groups in total. The van der Waals surface area contributed by atoms with E-state index >= 15 is 0 Å². The topological polar surface area (TPSA) is 123 Å². The first-order chi connectivity index (χ1) is 20.8. The van der Waals surface area contributed by atoms with Crippen LogP contribution in [0.5, 0.6) is 17.2 Å². The molecule has 11 heteroatoms. The van der Waals surface area contributed by atoms with Crippen LogP contribution in [-0.2, 0) is 14.8 Å². The van der Waals surface area contributed by atoms with Gasteiger partial charge < -0.3 is 20.1 Å². The Labute approximate surface area is 262 Å². The van der Waals surface area contributed by atoms with Gasteiger partial charge in [0.15, 0.2) is 6.10 Å². The van der Waals surface area contributed by atoms with Crippen molar-refractivity contribution in [2.24, 2.45) is 0 Å². The van der Waals surface area contributed by atoms with Gasteiger partial charge >= 0.3 is 0 Å². The van der Waals surface area contributed by atoms with Crippen LogP contribution in [0.1, 0.15) is 40.4 Å². The highest BCUT2D eigenvalue weighted by molar-refractivity contribution is 7.92. The van der Waals surface area contributed by atoms with Crippen LogP contribution < -0.4 is 24.8 Å². The minimum absolute atomic E-state index is 0.246. The third-order valence-electron chi connectivity index (χ3n) is 6.59. The first-order valence-electron chi connectivity index (χ1n) is 13.8. The van der Waals surface area contributed by atoms with Gasteiger partial charge in [-0.05, 0) is 80.8 Å². The number of anilines is 3. The van der Waals surface area contributed by atoms with Gasteiger partial charge in [0.05, 0.1) is 6.26 Å². The number of nitrogens with one attached hydrogen (secondary N) is 3. The highest BCUT2D eigenvalue weighted by Crippen LogP contribution is 2.33. The molecular formula is C33H34ClN3O6S. The molecule has 0 saturated heterocycles. The maximum Gasteiger partial charge on any atom is 0.265 e. The summed E-state index contributed by atoms with van der Waals surface area (Å²) in [7, 11) is -3.50. The number of halogens is 1. The average molecular weight is 636 g/mol. The standard InChI is InChI=1S/C33H34ClN3O6S/c1-6-30(43-31-14-13-20(2)15-21(31)3)33(39)35-24-10-8-12-26(17-24)42-27-18-28(34)22(4)29(19-27)36-32(38)23-9-7-11-25(16-23)37-44(5,40)41/h7-19,30,37H,6H2,1-5H3,(H,35,39)(H,36,38). The van der Waals surface area contributed by atoms with Crippen LogP contribution in [0.15, 0.2) is 78.9 Å². The summed E-state index contributed by atoms with van der Waals surface area (Å²) in [5.41, 5.74) is 4.13. The summed E-state index contributed by atoms with van der Waals surface area (Å²) >= 11 is 6.47. The molecular weight excluding hydrogens is 602 g/mol. The van der Waals surface area contributed by atoms with Crippen LogP contribution in [0.2, 0.25) is 5.02 Å². The van der Waals surface area contributed by atoms with E-state index in [9.17, 15) is 18.0 Å². The van der Waals surface area contributed by atoms with E-state index in [4.69, 9.17) is 21.1 Å². The Bertz CT molecular complexity index is 1810. The van der Waals surface area contributed by atoms with E-state index in [0.29, 0.717) is 45.6 Å². The first-order valence-corrected chi connectivity index (χ1v) is 16.1. The third kappa shape index (κ3) is 8.75. The van der Waals surface area contributed by atoms with Crippen LogP contribution >= 0.6 is 11.6 Å². The lowest BCUT2D eigenvalue weighted by atomic mass is 10.1. The zero-order valence-corrected chi connectivity index (χ0v) is 26.6. The SMILES string of the molecule is CCC(Oc1ccc(C)cc1C)C(=O)Nc1cccc(Oc2cc(Cl)c(C)c(NC(=O)c3cccc(NS(C)(=O)=O)c3)c2)c1. The number of carbonyl (C=O) groups excluding carboxylic acids is 2. The Balaban J connectivity index is 1.47. The normalized spacial score (nSPS) is 11.8. The van der Waals surface area contributed by atoms with Crippen molar-refractivity contribution in [3.63, 3.8) is 0 Å². The van der Waals surface area contributed by atoms with E-state index in [1.165, 1.54) is 6.07 Å². The Morgan fingerprint density at radius 3 is 2.30 bits per heavy atom. The fourth-order valence-corrected chi connectivity index (χ4v) is 5.14. The summed E-state index contributed by atoms with van der Waals surface area (Å²) in [6.07, 6.45) is 0.819. The smallest absolute Gasteiger partial charge is 0.265 e. The molecule has 44 heavy (non-hydrogen) atoms. The Morgan fingerprint density at radius 2 is 1.59 bits per heavy atom. The van der Waals surface area contributed by atoms with Crippen molar-refractivity contribution in [2.45, 2.75) is 40.2 Å². The van der Waals surface area contributed by atoms with Crippen molar-refractivity contribution in [1.82, 2.24) is 0 Å². The summed E-state index contributed by atoms with van der Waals surface area (Å²) in [6.45, 7) is 7.58. The Kier molecular flexibility index (Phi) is 10.2. The minimum atomic E-state index is -3.50. The molecule has 0 aromatic heterocycles. The van der Waals surface area contributed by atoms with Crippen molar-refractivity contribution in [1.29, 1.82) is 0 Å². The average Bonchev–Trinajstić information content (AvgIpc) is 2.94. The molecule has 0 aliphatic rings. The van der Waals surface area contributed by atoms with Crippen LogP contribution in [0, 0.1) is 20.8 Å². The van der Waals surface area contributed by atoms with E-state index in [1.54, 1.807) is 61.5 Å². The highest BCUT2D eigenvalue weighted by atomic mass is 35.5. The number of hydrogen-bond acceptors (Lipinski definition) is 6. The van der Waals surface area contributed by atoms with Crippen molar-refractivity contribution < 1.29 is 27.5 Å². The molecule has 0 spiro atoms. The number of aryl methyl sites for hydroxylation is 2. The Hall–Kier alpha value is -4.54. The third-order valence-corrected chi connectivity index (χ3v) is 7.59. The predicted molar refractivity (Wildman–Crippen MR) is 175 cm³/mol. The number of benzene rings is 4. The molecule has 4 aromatic carbocycles. The molecule has 0 aliphatic heterocycles. The van der Waals surface area contributed by atoms with Gasteiger partial charge in [0.25, 0.3) is 11.8 Å². The maximum absolute atomic E-state index is 13.1. The molecule has 0 aliphatic carbocycles.